The Bertz CT molecular complexity index is 1870. The number of fused-ring (bicyclic) bond motifs is 2. The Balaban J connectivity index is 1.47. The van der Waals surface area contributed by atoms with Crippen molar-refractivity contribution in [1.29, 1.82) is 0 Å². The summed E-state index contributed by atoms with van der Waals surface area (Å²) >= 11 is 0. The topological polar surface area (TPSA) is 142 Å². The van der Waals surface area contributed by atoms with E-state index in [2.05, 4.69) is 55.0 Å². The number of rotatable bonds is 9. The van der Waals surface area contributed by atoms with E-state index in [1.807, 2.05) is 24.3 Å². The van der Waals surface area contributed by atoms with Gasteiger partial charge in [-0.2, -0.15) is 0 Å². The van der Waals surface area contributed by atoms with Crippen molar-refractivity contribution in [3.05, 3.63) is 71.6 Å². The third-order valence-electron chi connectivity index (χ3n) is 10.0. The standard InChI is InChI=1S/C38H46N6O5/c1-39-37(47)41-19-17-25-9-5-7-21-43(25)27-13-15-31-33(23-27)49-34-24-28(44-22-8-6-10-26(44)18-20-42-38(48)40-2)14-16-32(34)35(31)29-11-3-4-12-30(29)36(45)46/h3-4,11-16,23-26H,5-10,17-22H2,1-2H3,(H4-,39,40,41,42,45,46,47,48). The molecule has 4 N–H and O–H groups in total. The number of anilines is 1. The molecule has 6 rings (SSSR count). The number of nitrogens with zero attached hydrogens (tertiary/aromatic N) is 2. The summed E-state index contributed by atoms with van der Waals surface area (Å²) in [6.45, 7) is 2.96. The van der Waals surface area contributed by atoms with Gasteiger partial charge < -0.3 is 40.5 Å². The zero-order chi connectivity index (χ0) is 34.3. The van der Waals surface area contributed by atoms with Gasteiger partial charge in [0.15, 0.2) is 6.04 Å². The summed E-state index contributed by atoms with van der Waals surface area (Å²) in [6.07, 6.45) is 8.14. The minimum Gasteiger partial charge on any atom is -0.545 e. The quantitative estimate of drug-likeness (QED) is 0.158. The highest BCUT2D eigenvalue weighted by atomic mass is 16.4. The maximum atomic E-state index is 12.3. The van der Waals surface area contributed by atoms with E-state index in [0.717, 1.165) is 92.0 Å². The average molecular weight is 667 g/mol. The monoisotopic (exact) mass is 666 g/mol. The van der Waals surface area contributed by atoms with Gasteiger partial charge in [0.05, 0.1) is 12.0 Å². The van der Waals surface area contributed by atoms with Crippen molar-refractivity contribution in [3.63, 3.8) is 0 Å². The van der Waals surface area contributed by atoms with Crippen LogP contribution in [0.15, 0.2) is 65.1 Å². The number of piperidine rings is 2. The molecule has 258 valence electrons. The predicted molar refractivity (Wildman–Crippen MR) is 190 cm³/mol. The predicted octanol–water partition coefficient (Wildman–Crippen LogP) is 3.89. The van der Waals surface area contributed by atoms with E-state index >= 15 is 0 Å². The van der Waals surface area contributed by atoms with Crippen molar-refractivity contribution in [1.82, 2.24) is 25.8 Å². The van der Waals surface area contributed by atoms with Crippen LogP contribution in [-0.2, 0) is 0 Å². The first-order valence-electron chi connectivity index (χ1n) is 17.5. The molecule has 2 atom stereocenters. The Kier molecular flexibility index (Phi) is 10.7. The van der Waals surface area contributed by atoms with Crippen LogP contribution >= 0.6 is 0 Å². The minimum absolute atomic E-state index is 0.129. The Morgan fingerprint density at radius 2 is 1.61 bits per heavy atom. The molecular weight excluding hydrogens is 620 g/mol. The smallest absolute Gasteiger partial charge is 0.314 e. The summed E-state index contributed by atoms with van der Waals surface area (Å²) in [5.41, 5.74) is 4.04. The van der Waals surface area contributed by atoms with Gasteiger partial charge in [-0.05, 0) is 55.9 Å². The number of urea groups is 2. The molecule has 1 aliphatic carbocycles. The molecular formula is C38H46N6O5. The van der Waals surface area contributed by atoms with E-state index in [0.29, 0.717) is 30.0 Å². The summed E-state index contributed by atoms with van der Waals surface area (Å²) in [6, 6.07) is 19.6. The van der Waals surface area contributed by atoms with Crippen LogP contribution in [0.5, 0.6) is 0 Å². The Morgan fingerprint density at radius 1 is 0.857 bits per heavy atom. The van der Waals surface area contributed by atoms with E-state index in [4.69, 9.17) is 4.42 Å². The minimum atomic E-state index is -1.23. The molecule has 0 saturated carbocycles. The van der Waals surface area contributed by atoms with Crippen LogP contribution in [0.4, 0.5) is 15.3 Å². The van der Waals surface area contributed by atoms with Crippen molar-refractivity contribution < 1.29 is 23.9 Å². The lowest BCUT2D eigenvalue weighted by Gasteiger charge is -2.38. The molecule has 0 spiro atoms. The fourth-order valence-electron chi connectivity index (χ4n) is 7.56. The van der Waals surface area contributed by atoms with Gasteiger partial charge >= 0.3 is 12.1 Å². The molecule has 11 heteroatoms. The molecule has 11 nitrogen and oxygen atoms in total. The largest absolute Gasteiger partial charge is 0.545 e. The van der Waals surface area contributed by atoms with Gasteiger partial charge in [-0.15, -0.1) is 0 Å². The van der Waals surface area contributed by atoms with Crippen molar-refractivity contribution >= 4 is 34.7 Å². The summed E-state index contributed by atoms with van der Waals surface area (Å²) in [5, 5.41) is 25.3. The second kappa shape index (κ2) is 15.4. The molecule has 0 aromatic heterocycles. The number of benzene rings is 3. The summed E-state index contributed by atoms with van der Waals surface area (Å²) in [4.78, 5) is 38.3. The van der Waals surface area contributed by atoms with E-state index in [-0.39, 0.29) is 29.7 Å². The van der Waals surface area contributed by atoms with Crippen LogP contribution in [0.1, 0.15) is 61.7 Å². The summed E-state index contributed by atoms with van der Waals surface area (Å²) in [7, 11) is 3.23. The number of nitrogens with one attached hydrogen (secondary N) is 4. The van der Waals surface area contributed by atoms with Gasteiger partial charge in [-0.1, -0.05) is 24.3 Å². The van der Waals surface area contributed by atoms with Crippen molar-refractivity contribution in [2.24, 2.45) is 0 Å². The number of amides is 4. The number of hydrogen-bond donors (Lipinski definition) is 4. The number of carbonyl (C=O) groups is 3. The highest BCUT2D eigenvalue weighted by Crippen LogP contribution is 2.42. The first-order valence-corrected chi connectivity index (χ1v) is 17.5. The van der Waals surface area contributed by atoms with Gasteiger partial charge in [0.2, 0.25) is 5.36 Å². The molecule has 3 heterocycles. The van der Waals surface area contributed by atoms with Gasteiger partial charge in [0.1, 0.15) is 17.9 Å². The lowest BCUT2D eigenvalue weighted by atomic mass is 9.90. The molecule has 2 aromatic rings. The van der Waals surface area contributed by atoms with Gasteiger partial charge in [-0.3, -0.25) is 0 Å². The maximum absolute atomic E-state index is 12.3. The maximum Gasteiger partial charge on any atom is 0.314 e. The van der Waals surface area contributed by atoms with Crippen molar-refractivity contribution in [2.75, 3.05) is 45.2 Å². The fourth-order valence-corrected chi connectivity index (χ4v) is 7.56. The second-order valence-corrected chi connectivity index (χ2v) is 12.9. The van der Waals surface area contributed by atoms with Crippen molar-refractivity contribution in [2.45, 2.75) is 63.5 Å². The van der Waals surface area contributed by atoms with Gasteiger partial charge in [0, 0.05) is 98.9 Å². The van der Waals surface area contributed by atoms with Crippen LogP contribution in [-0.4, -0.2) is 70.4 Å². The number of carboxylic acids is 1. The normalized spacial score (nSPS) is 19.0. The molecule has 2 saturated heterocycles. The average Bonchev–Trinajstić information content (AvgIpc) is 3.13. The summed E-state index contributed by atoms with van der Waals surface area (Å²) < 4.78 is 9.16. The van der Waals surface area contributed by atoms with Crippen LogP contribution in [0, 0.1) is 0 Å². The number of carboxylic acid groups (broad SMARTS) is 1. The van der Waals surface area contributed by atoms with Gasteiger partial charge in [-0.25, -0.2) is 14.2 Å². The molecule has 2 aromatic carbocycles. The molecule has 3 aliphatic heterocycles. The highest BCUT2D eigenvalue weighted by molar-refractivity contribution is 6.07. The van der Waals surface area contributed by atoms with Crippen LogP contribution in [0.2, 0.25) is 0 Å². The first-order chi connectivity index (χ1) is 23.9. The van der Waals surface area contributed by atoms with E-state index in [9.17, 15) is 19.5 Å². The van der Waals surface area contributed by atoms with Crippen LogP contribution in [0.25, 0.3) is 33.4 Å². The molecule has 2 fully saturated rings. The molecule has 49 heavy (non-hydrogen) atoms. The molecule has 4 amide bonds. The summed E-state index contributed by atoms with van der Waals surface area (Å²) in [5.74, 6) is -0.558. The molecule has 4 aliphatic rings. The lowest BCUT2D eigenvalue weighted by molar-refractivity contribution is -0.254. The van der Waals surface area contributed by atoms with E-state index in [1.54, 1.807) is 26.2 Å². The third-order valence-corrected chi connectivity index (χ3v) is 10.0. The Labute approximate surface area is 286 Å². The number of carbonyl (C=O) groups excluding carboxylic acids is 3. The van der Waals surface area contributed by atoms with Crippen molar-refractivity contribution in [3.8, 4) is 22.5 Å². The zero-order valence-corrected chi connectivity index (χ0v) is 28.3. The Hall–Kier alpha value is -5.06. The number of hydrogen-bond acceptors (Lipinski definition) is 6. The molecule has 0 bridgehead atoms. The second-order valence-electron chi connectivity index (χ2n) is 12.9. The van der Waals surface area contributed by atoms with Crippen LogP contribution in [0.3, 0.4) is 0 Å². The number of aromatic carboxylic acids is 1. The third kappa shape index (κ3) is 7.50. The lowest BCUT2D eigenvalue weighted by Crippen LogP contribution is -2.45. The zero-order valence-electron chi connectivity index (χ0n) is 28.3. The van der Waals surface area contributed by atoms with Gasteiger partial charge in [0.25, 0.3) is 0 Å². The SMILES string of the molecule is CNC(=O)NCCC1CCCCN1c1ccc2c(-c3ccccc3C(=O)[O-])c3ccc(=[N+]4CCCCC4CCNC(=O)NC)cc-3oc2c1. The van der Waals surface area contributed by atoms with E-state index in [1.165, 1.54) is 0 Å². The van der Waals surface area contributed by atoms with Crippen LogP contribution < -0.4 is 41.2 Å². The fraction of sp³-hybridized carbons (Fsp3) is 0.421. The van der Waals surface area contributed by atoms with E-state index < -0.39 is 5.97 Å². The molecule has 0 radical (unpaired) electrons. The highest BCUT2D eigenvalue weighted by Gasteiger charge is 2.28. The first kappa shape index (κ1) is 33.8. The Morgan fingerprint density at radius 3 is 2.39 bits per heavy atom. The molecule has 2 unspecified atom stereocenters.